The maximum absolute atomic E-state index is 11.8. The van der Waals surface area contributed by atoms with E-state index in [4.69, 9.17) is 9.47 Å². The summed E-state index contributed by atoms with van der Waals surface area (Å²) in [4.78, 5) is 18.0. The minimum Gasteiger partial charge on any atom is -0.492 e. The molecule has 134 valence electrons. The van der Waals surface area contributed by atoms with Crippen LogP contribution in [0.15, 0.2) is 35.3 Å². The fourth-order valence-electron chi connectivity index (χ4n) is 1.91. The third-order valence-electron chi connectivity index (χ3n) is 2.91. The third kappa shape index (κ3) is 8.41. The van der Waals surface area contributed by atoms with Crippen LogP contribution < -0.4 is 10.1 Å². The lowest BCUT2D eigenvalue weighted by atomic mass is 10.2. The fraction of sp³-hybridized carbons (Fsp3) is 0.556. The molecule has 0 aliphatic rings. The number of esters is 1. The second kappa shape index (κ2) is 9.80. The molecule has 0 aromatic heterocycles. The highest BCUT2D eigenvalue weighted by Crippen LogP contribution is 2.08. The second-order valence-electron chi connectivity index (χ2n) is 6.34. The van der Waals surface area contributed by atoms with Crippen LogP contribution in [0, 0.1) is 0 Å². The highest BCUT2D eigenvalue weighted by Gasteiger charge is 2.16. The zero-order chi connectivity index (χ0) is 18.0. The average Bonchev–Trinajstić information content (AvgIpc) is 2.50. The zero-order valence-electron chi connectivity index (χ0n) is 15.3. The summed E-state index contributed by atoms with van der Waals surface area (Å²) in [7, 11) is 1.91. The molecule has 0 radical (unpaired) electrons. The van der Waals surface area contributed by atoms with Crippen molar-refractivity contribution in [3.05, 3.63) is 30.3 Å². The van der Waals surface area contributed by atoms with Gasteiger partial charge in [0.1, 0.15) is 24.5 Å². The maximum Gasteiger partial charge on any atom is 0.328 e. The lowest BCUT2D eigenvalue weighted by Crippen LogP contribution is -2.41. The van der Waals surface area contributed by atoms with Crippen molar-refractivity contribution in [2.24, 2.45) is 4.99 Å². The van der Waals surface area contributed by atoms with Gasteiger partial charge in [0, 0.05) is 13.6 Å². The van der Waals surface area contributed by atoms with Crippen LogP contribution in [0.5, 0.6) is 5.75 Å². The minimum absolute atomic E-state index is 0.0104. The quantitative estimate of drug-likeness (QED) is 0.471. The van der Waals surface area contributed by atoms with Gasteiger partial charge in [0.15, 0.2) is 5.96 Å². The number of nitrogens with one attached hydrogen (secondary N) is 1. The van der Waals surface area contributed by atoms with Crippen molar-refractivity contribution in [2.45, 2.75) is 33.3 Å². The largest absolute Gasteiger partial charge is 0.492 e. The number of hydrogen-bond donors (Lipinski definition) is 1. The molecular weight excluding hydrogens is 306 g/mol. The van der Waals surface area contributed by atoms with Crippen LogP contribution >= 0.6 is 0 Å². The van der Waals surface area contributed by atoms with Crippen molar-refractivity contribution < 1.29 is 14.3 Å². The van der Waals surface area contributed by atoms with Crippen molar-refractivity contribution in [1.82, 2.24) is 10.2 Å². The number of benzene rings is 1. The number of rotatable bonds is 7. The molecule has 0 bridgehead atoms. The molecule has 0 heterocycles. The van der Waals surface area contributed by atoms with Crippen LogP contribution in [0.2, 0.25) is 0 Å². The summed E-state index contributed by atoms with van der Waals surface area (Å²) < 4.78 is 10.9. The van der Waals surface area contributed by atoms with Crippen LogP contribution in [-0.2, 0) is 9.53 Å². The Hall–Kier alpha value is -2.24. The Morgan fingerprint density at radius 1 is 1.25 bits per heavy atom. The Bertz CT molecular complexity index is 524. The van der Waals surface area contributed by atoms with Gasteiger partial charge in [-0.05, 0) is 39.8 Å². The number of aliphatic imine (C=N–C) groups is 1. The molecule has 1 rings (SSSR count). The Morgan fingerprint density at radius 2 is 1.92 bits per heavy atom. The highest BCUT2D eigenvalue weighted by molar-refractivity contribution is 5.83. The molecule has 0 saturated heterocycles. The number of ether oxygens (including phenoxy) is 2. The number of carbonyl (C=O) groups excluding carboxylic acids is 1. The predicted octanol–water partition coefficient (Wildman–Crippen LogP) is 2.30. The number of guanidine groups is 1. The summed E-state index contributed by atoms with van der Waals surface area (Å²) in [6.07, 6.45) is 0. The summed E-state index contributed by atoms with van der Waals surface area (Å²) in [5.74, 6) is 1.15. The molecule has 0 atom stereocenters. The standard InChI is InChI=1S/C18H29N3O3/c1-6-19-17(20-14-16(22)24-18(2,3)4)21(5)12-13-23-15-10-8-7-9-11-15/h7-11H,6,12-14H2,1-5H3,(H,19,20). The normalized spacial score (nSPS) is 11.8. The van der Waals surface area contributed by atoms with Crippen molar-refractivity contribution >= 4 is 11.9 Å². The van der Waals surface area contributed by atoms with Gasteiger partial charge in [-0.3, -0.25) is 4.79 Å². The molecule has 1 N–H and O–H groups in total. The van der Waals surface area contributed by atoms with Crippen LogP contribution in [0.3, 0.4) is 0 Å². The molecule has 1 aromatic rings. The second-order valence-corrected chi connectivity index (χ2v) is 6.34. The summed E-state index contributed by atoms with van der Waals surface area (Å²) >= 11 is 0. The van der Waals surface area contributed by atoms with E-state index in [0.717, 1.165) is 12.3 Å². The SMILES string of the molecule is CCNC(=NCC(=O)OC(C)(C)C)N(C)CCOc1ccccc1. The molecule has 0 aliphatic heterocycles. The number of likely N-dealkylation sites (N-methyl/N-ethyl adjacent to an activating group) is 1. The number of carbonyl (C=O) groups is 1. The van der Waals surface area contributed by atoms with Gasteiger partial charge in [0.2, 0.25) is 0 Å². The van der Waals surface area contributed by atoms with E-state index in [2.05, 4.69) is 10.3 Å². The van der Waals surface area contributed by atoms with E-state index >= 15 is 0 Å². The first-order chi connectivity index (χ1) is 11.3. The molecule has 0 aliphatic carbocycles. The Labute approximate surface area is 144 Å². The molecule has 1 aromatic carbocycles. The van der Waals surface area contributed by atoms with Crippen LogP contribution in [0.1, 0.15) is 27.7 Å². The first-order valence-corrected chi connectivity index (χ1v) is 8.21. The average molecular weight is 335 g/mol. The smallest absolute Gasteiger partial charge is 0.328 e. The van der Waals surface area contributed by atoms with Gasteiger partial charge in [0.25, 0.3) is 0 Å². The summed E-state index contributed by atoms with van der Waals surface area (Å²) in [5, 5.41) is 3.16. The van der Waals surface area contributed by atoms with Gasteiger partial charge in [0.05, 0.1) is 6.54 Å². The lowest BCUT2D eigenvalue weighted by Gasteiger charge is -2.22. The van der Waals surface area contributed by atoms with E-state index < -0.39 is 5.60 Å². The van der Waals surface area contributed by atoms with E-state index in [1.165, 1.54) is 0 Å². The molecule has 0 unspecified atom stereocenters. The van der Waals surface area contributed by atoms with E-state index in [9.17, 15) is 4.79 Å². The fourth-order valence-corrected chi connectivity index (χ4v) is 1.91. The molecule has 24 heavy (non-hydrogen) atoms. The topological polar surface area (TPSA) is 63.2 Å². The van der Waals surface area contributed by atoms with Gasteiger partial charge in [-0.1, -0.05) is 18.2 Å². The first-order valence-electron chi connectivity index (χ1n) is 8.21. The molecular formula is C18H29N3O3. The van der Waals surface area contributed by atoms with Gasteiger partial charge in [-0.2, -0.15) is 0 Å². The predicted molar refractivity (Wildman–Crippen MR) is 96.4 cm³/mol. The summed E-state index contributed by atoms with van der Waals surface area (Å²) in [5.41, 5.74) is -0.500. The van der Waals surface area contributed by atoms with E-state index in [-0.39, 0.29) is 12.5 Å². The van der Waals surface area contributed by atoms with E-state index in [0.29, 0.717) is 19.1 Å². The summed E-state index contributed by atoms with van der Waals surface area (Å²) in [6, 6.07) is 9.66. The van der Waals surface area contributed by atoms with E-state index in [1.54, 1.807) is 0 Å². The van der Waals surface area contributed by atoms with Gasteiger partial charge < -0.3 is 19.7 Å². The lowest BCUT2D eigenvalue weighted by molar-refractivity contribution is -0.152. The summed E-state index contributed by atoms with van der Waals surface area (Å²) in [6.45, 7) is 9.39. The van der Waals surface area contributed by atoms with Crippen LogP contribution in [0.25, 0.3) is 0 Å². The van der Waals surface area contributed by atoms with Crippen LogP contribution in [-0.4, -0.2) is 55.7 Å². The van der Waals surface area contributed by atoms with Crippen LogP contribution in [0.4, 0.5) is 0 Å². The van der Waals surface area contributed by atoms with Crippen molar-refractivity contribution in [1.29, 1.82) is 0 Å². The highest BCUT2D eigenvalue weighted by atomic mass is 16.6. The maximum atomic E-state index is 11.8. The monoisotopic (exact) mass is 335 g/mol. The van der Waals surface area contributed by atoms with Crippen molar-refractivity contribution in [2.75, 3.05) is 33.3 Å². The van der Waals surface area contributed by atoms with Gasteiger partial charge >= 0.3 is 5.97 Å². The molecule has 0 amide bonds. The Morgan fingerprint density at radius 3 is 2.50 bits per heavy atom. The molecule has 6 nitrogen and oxygen atoms in total. The molecule has 6 heteroatoms. The number of hydrogen-bond acceptors (Lipinski definition) is 4. The number of para-hydroxylation sites is 1. The molecule has 0 saturated carbocycles. The van der Waals surface area contributed by atoms with Gasteiger partial charge in [-0.25, -0.2) is 4.99 Å². The first kappa shape index (κ1) is 19.8. The Kier molecular flexibility index (Phi) is 8.09. The number of nitrogens with zero attached hydrogens (tertiary/aromatic N) is 2. The van der Waals surface area contributed by atoms with E-state index in [1.807, 2.05) is 70.0 Å². The van der Waals surface area contributed by atoms with Gasteiger partial charge in [-0.15, -0.1) is 0 Å². The minimum atomic E-state index is -0.500. The third-order valence-corrected chi connectivity index (χ3v) is 2.91. The van der Waals surface area contributed by atoms with Crippen molar-refractivity contribution in [3.63, 3.8) is 0 Å². The molecule has 0 spiro atoms. The molecule has 0 fully saturated rings. The Balaban J connectivity index is 2.49. The van der Waals surface area contributed by atoms with Crippen molar-refractivity contribution in [3.8, 4) is 5.75 Å². The zero-order valence-corrected chi connectivity index (χ0v) is 15.3.